The SMILES string of the molecule is Cc1cc(CSc2ncccc2C(=O)NNC(=O)c2cc3c(s2)CCCCC3)no1. The minimum Gasteiger partial charge on any atom is -0.361 e. The lowest BCUT2D eigenvalue weighted by Crippen LogP contribution is -2.41. The predicted octanol–water partition coefficient (Wildman–Crippen LogP) is 4.08. The fourth-order valence-corrected chi connectivity index (χ4v) is 5.35. The number of pyridine rings is 1. The average Bonchev–Trinajstić information content (AvgIpc) is 3.30. The van der Waals surface area contributed by atoms with Gasteiger partial charge in [0.1, 0.15) is 10.8 Å². The Morgan fingerprint density at radius 3 is 2.83 bits per heavy atom. The Balaban J connectivity index is 1.37. The van der Waals surface area contributed by atoms with E-state index >= 15 is 0 Å². The van der Waals surface area contributed by atoms with Crippen LogP contribution in [-0.4, -0.2) is 22.0 Å². The highest BCUT2D eigenvalue weighted by atomic mass is 32.2. The van der Waals surface area contributed by atoms with Crippen molar-refractivity contribution in [2.45, 2.75) is 49.8 Å². The number of nitrogens with zero attached hydrogens (tertiary/aromatic N) is 2. The van der Waals surface area contributed by atoms with Crippen LogP contribution in [0, 0.1) is 6.92 Å². The lowest BCUT2D eigenvalue weighted by molar-refractivity contribution is 0.0847. The van der Waals surface area contributed by atoms with Gasteiger partial charge >= 0.3 is 0 Å². The Morgan fingerprint density at radius 1 is 1.17 bits per heavy atom. The summed E-state index contributed by atoms with van der Waals surface area (Å²) < 4.78 is 5.07. The van der Waals surface area contributed by atoms with Crippen LogP contribution in [0.4, 0.5) is 0 Å². The molecule has 1 aliphatic rings. The molecule has 0 spiro atoms. The third-order valence-corrected chi connectivity index (χ3v) is 7.08. The molecule has 156 valence electrons. The van der Waals surface area contributed by atoms with Gasteiger partial charge in [0.15, 0.2) is 0 Å². The maximum Gasteiger partial charge on any atom is 0.279 e. The number of nitrogens with one attached hydrogen (secondary N) is 2. The van der Waals surface area contributed by atoms with E-state index in [1.165, 1.54) is 46.4 Å². The Kier molecular flexibility index (Phi) is 6.49. The zero-order valence-electron chi connectivity index (χ0n) is 16.6. The van der Waals surface area contributed by atoms with Crippen molar-refractivity contribution in [3.05, 3.63) is 62.8 Å². The molecule has 4 rings (SSSR count). The minimum atomic E-state index is -0.409. The van der Waals surface area contributed by atoms with Crippen LogP contribution in [0.25, 0.3) is 0 Å². The molecule has 2 amide bonds. The van der Waals surface area contributed by atoms with Crippen molar-refractivity contribution in [1.29, 1.82) is 0 Å². The zero-order valence-corrected chi connectivity index (χ0v) is 18.2. The number of aromatic nitrogens is 2. The Morgan fingerprint density at radius 2 is 2.00 bits per heavy atom. The van der Waals surface area contributed by atoms with Crippen molar-refractivity contribution in [3.63, 3.8) is 0 Å². The zero-order chi connectivity index (χ0) is 20.9. The van der Waals surface area contributed by atoms with E-state index in [-0.39, 0.29) is 5.91 Å². The molecule has 0 fully saturated rings. The summed E-state index contributed by atoms with van der Waals surface area (Å²) in [6.45, 7) is 1.83. The second kappa shape index (κ2) is 9.44. The summed E-state index contributed by atoms with van der Waals surface area (Å²) in [4.78, 5) is 31.4. The first-order chi connectivity index (χ1) is 14.6. The van der Waals surface area contributed by atoms with Crippen LogP contribution < -0.4 is 10.9 Å². The Bertz CT molecular complexity index is 1040. The normalized spacial score (nSPS) is 13.4. The van der Waals surface area contributed by atoms with Crippen LogP contribution in [0.5, 0.6) is 0 Å². The van der Waals surface area contributed by atoms with E-state index in [2.05, 4.69) is 21.0 Å². The molecule has 0 saturated heterocycles. The van der Waals surface area contributed by atoms with Gasteiger partial charge in [-0.05, 0) is 56.4 Å². The lowest BCUT2D eigenvalue weighted by Gasteiger charge is -2.09. The quantitative estimate of drug-likeness (QED) is 0.351. The van der Waals surface area contributed by atoms with Crippen LogP contribution in [0.1, 0.15) is 61.2 Å². The lowest BCUT2D eigenvalue weighted by atomic mass is 10.1. The van der Waals surface area contributed by atoms with E-state index in [1.54, 1.807) is 18.3 Å². The maximum atomic E-state index is 12.6. The number of thioether (sulfide) groups is 1. The number of thiophene rings is 1. The molecule has 3 aromatic heterocycles. The summed E-state index contributed by atoms with van der Waals surface area (Å²) in [6.07, 6.45) is 7.25. The van der Waals surface area contributed by atoms with Gasteiger partial charge in [0.2, 0.25) is 0 Å². The standard InChI is InChI=1S/C21H22N4O3S2/c1-13-10-15(25-28-13)12-29-21-16(7-5-9-22-21)19(26)23-24-20(27)18-11-14-6-3-2-4-8-17(14)30-18/h5,7,9-11H,2-4,6,8,12H2,1H3,(H,23,26)(H,24,27). The van der Waals surface area contributed by atoms with Crippen molar-refractivity contribution in [2.75, 3.05) is 0 Å². The van der Waals surface area contributed by atoms with Crippen molar-refractivity contribution in [2.24, 2.45) is 0 Å². The molecule has 7 nitrogen and oxygen atoms in total. The van der Waals surface area contributed by atoms with Crippen LogP contribution in [0.3, 0.4) is 0 Å². The second-order valence-corrected chi connectivity index (χ2v) is 9.20. The first kappa shape index (κ1) is 20.6. The molecule has 0 aliphatic heterocycles. The number of hydrazine groups is 1. The van der Waals surface area contributed by atoms with Crippen LogP contribution in [0.2, 0.25) is 0 Å². The molecule has 0 aromatic carbocycles. The summed E-state index contributed by atoms with van der Waals surface area (Å²) >= 11 is 2.91. The van der Waals surface area contributed by atoms with Gasteiger partial charge in [-0.15, -0.1) is 11.3 Å². The van der Waals surface area contributed by atoms with Gasteiger partial charge < -0.3 is 4.52 Å². The predicted molar refractivity (Wildman–Crippen MR) is 116 cm³/mol. The molecule has 30 heavy (non-hydrogen) atoms. The summed E-state index contributed by atoms with van der Waals surface area (Å²) in [5.41, 5.74) is 7.49. The minimum absolute atomic E-state index is 0.294. The molecule has 0 unspecified atom stereocenters. The van der Waals surface area contributed by atoms with Gasteiger partial charge in [0, 0.05) is 22.9 Å². The number of rotatable bonds is 5. The summed E-state index contributed by atoms with van der Waals surface area (Å²) in [5.74, 6) is 0.561. The van der Waals surface area contributed by atoms with E-state index < -0.39 is 5.91 Å². The number of fused-ring (bicyclic) bond motifs is 1. The Hall–Kier alpha value is -2.65. The monoisotopic (exact) mass is 442 g/mol. The molecule has 0 atom stereocenters. The molecule has 0 saturated carbocycles. The maximum absolute atomic E-state index is 12.6. The summed E-state index contributed by atoms with van der Waals surface area (Å²) in [5, 5.41) is 4.51. The highest BCUT2D eigenvalue weighted by Gasteiger charge is 2.18. The van der Waals surface area contributed by atoms with Crippen molar-refractivity contribution in [3.8, 4) is 0 Å². The number of amides is 2. The van der Waals surface area contributed by atoms with Crippen molar-refractivity contribution in [1.82, 2.24) is 21.0 Å². The molecule has 9 heteroatoms. The third-order valence-electron chi connectivity index (χ3n) is 4.81. The van der Waals surface area contributed by atoms with Gasteiger partial charge in [-0.1, -0.05) is 23.3 Å². The molecule has 0 radical (unpaired) electrons. The van der Waals surface area contributed by atoms with Crippen LogP contribution >= 0.6 is 23.1 Å². The third kappa shape index (κ3) is 4.91. The smallest absolute Gasteiger partial charge is 0.279 e. The largest absolute Gasteiger partial charge is 0.361 e. The molecule has 2 N–H and O–H groups in total. The molecule has 3 aromatic rings. The van der Waals surface area contributed by atoms with E-state index in [0.29, 0.717) is 21.2 Å². The van der Waals surface area contributed by atoms with E-state index in [0.717, 1.165) is 30.7 Å². The van der Waals surface area contributed by atoms with Gasteiger partial charge in [-0.3, -0.25) is 20.4 Å². The van der Waals surface area contributed by atoms with Gasteiger partial charge in [-0.2, -0.15) is 0 Å². The average molecular weight is 443 g/mol. The summed E-state index contributed by atoms with van der Waals surface area (Å²) in [6, 6.07) is 7.17. The highest BCUT2D eigenvalue weighted by Crippen LogP contribution is 2.29. The molecule has 1 aliphatic carbocycles. The van der Waals surface area contributed by atoms with Crippen LogP contribution in [-0.2, 0) is 18.6 Å². The van der Waals surface area contributed by atoms with E-state index in [1.807, 2.05) is 19.1 Å². The van der Waals surface area contributed by atoms with Crippen molar-refractivity contribution >= 4 is 34.9 Å². The topological polar surface area (TPSA) is 97.1 Å². The fraction of sp³-hybridized carbons (Fsp3) is 0.333. The van der Waals surface area contributed by atoms with Crippen LogP contribution in [0.15, 0.2) is 40.0 Å². The van der Waals surface area contributed by atoms with E-state index in [9.17, 15) is 9.59 Å². The fourth-order valence-electron chi connectivity index (χ4n) is 3.33. The first-order valence-corrected chi connectivity index (χ1v) is 11.6. The van der Waals surface area contributed by atoms with Gasteiger partial charge in [0.05, 0.1) is 16.1 Å². The second-order valence-electron chi connectivity index (χ2n) is 7.10. The molecule has 0 bridgehead atoms. The van der Waals surface area contributed by atoms with Gasteiger partial charge in [0.25, 0.3) is 11.8 Å². The number of aryl methyl sites for hydroxylation is 3. The Labute approximate surface area is 182 Å². The number of hydrogen-bond acceptors (Lipinski definition) is 7. The highest BCUT2D eigenvalue weighted by molar-refractivity contribution is 7.98. The van der Waals surface area contributed by atoms with Gasteiger partial charge in [-0.25, -0.2) is 4.98 Å². The van der Waals surface area contributed by atoms with Crippen molar-refractivity contribution < 1.29 is 14.1 Å². The molecular weight excluding hydrogens is 420 g/mol. The number of hydrogen-bond donors (Lipinski definition) is 2. The number of carbonyl (C=O) groups excluding carboxylic acids is 2. The summed E-state index contributed by atoms with van der Waals surface area (Å²) in [7, 11) is 0. The molecular formula is C21H22N4O3S2. The molecule has 3 heterocycles. The number of carbonyl (C=O) groups is 2. The van der Waals surface area contributed by atoms with E-state index in [4.69, 9.17) is 4.52 Å². The first-order valence-electron chi connectivity index (χ1n) is 9.82.